The van der Waals surface area contributed by atoms with Crippen LogP contribution in [0.3, 0.4) is 0 Å². The van der Waals surface area contributed by atoms with E-state index >= 15 is 0 Å². The van der Waals surface area contributed by atoms with Crippen molar-refractivity contribution in [3.05, 3.63) is 41.7 Å². The summed E-state index contributed by atoms with van der Waals surface area (Å²) >= 11 is 0. The molecule has 0 saturated carbocycles. The Morgan fingerprint density at radius 2 is 2.06 bits per heavy atom. The van der Waals surface area contributed by atoms with E-state index in [9.17, 15) is 4.79 Å². The fourth-order valence-electron chi connectivity index (χ4n) is 1.78. The summed E-state index contributed by atoms with van der Waals surface area (Å²) in [4.78, 5) is 10.8. The molecule has 0 radical (unpaired) electrons. The molecular formula is C13H13NO3. The normalized spacial score (nSPS) is 10.4. The molecule has 0 aliphatic heterocycles. The van der Waals surface area contributed by atoms with E-state index in [4.69, 9.17) is 9.63 Å². The zero-order valence-corrected chi connectivity index (χ0v) is 9.51. The van der Waals surface area contributed by atoms with E-state index in [0.717, 1.165) is 5.56 Å². The molecule has 0 saturated heterocycles. The van der Waals surface area contributed by atoms with Crippen LogP contribution >= 0.6 is 0 Å². The van der Waals surface area contributed by atoms with Crippen LogP contribution in [0.4, 0.5) is 0 Å². The number of aromatic nitrogens is 1. The molecule has 0 bridgehead atoms. The highest BCUT2D eigenvalue weighted by Gasteiger charge is 2.18. The SMILES string of the molecule is CCc1onc(-c2ccccc2)c1CC(=O)O. The summed E-state index contributed by atoms with van der Waals surface area (Å²) in [5.74, 6) is -0.230. The molecule has 0 aliphatic rings. The number of aryl methyl sites for hydroxylation is 1. The van der Waals surface area contributed by atoms with Crippen LogP contribution in [0.25, 0.3) is 11.3 Å². The summed E-state index contributed by atoms with van der Waals surface area (Å²) in [5, 5.41) is 12.9. The largest absolute Gasteiger partial charge is 0.481 e. The Morgan fingerprint density at radius 3 is 2.65 bits per heavy atom. The average molecular weight is 231 g/mol. The van der Waals surface area contributed by atoms with Crippen molar-refractivity contribution < 1.29 is 14.4 Å². The average Bonchev–Trinajstić information content (AvgIpc) is 2.72. The third-order valence-corrected chi connectivity index (χ3v) is 2.57. The first kappa shape index (κ1) is 11.4. The monoisotopic (exact) mass is 231 g/mol. The quantitative estimate of drug-likeness (QED) is 0.878. The molecule has 0 aliphatic carbocycles. The van der Waals surface area contributed by atoms with Crippen LogP contribution in [0.2, 0.25) is 0 Å². The number of hydrogen-bond donors (Lipinski definition) is 1. The Balaban J connectivity index is 2.47. The number of carboxylic acids is 1. The van der Waals surface area contributed by atoms with E-state index in [2.05, 4.69) is 5.16 Å². The molecule has 0 spiro atoms. The smallest absolute Gasteiger partial charge is 0.308 e. The minimum absolute atomic E-state index is 0.0586. The summed E-state index contributed by atoms with van der Waals surface area (Å²) in [7, 11) is 0. The van der Waals surface area contributed by atoms with Gasteiger partial charge in [-0.1, -0.05) is 42.4 Å². The maximum Gasteiger partial charge on any atom is 0.308 e. The minimum atomic E-state index is -0.875. The molecule has 1 heterocycles. The number of hydrogen-bond acceptors (Lipinski definition) is 3. The molecule has 4 nitrogen and oxygen atoms in total. The fourth-order valence-corrected chi connectivity index (χ4v) is 1.78. The second-order valence-electron chi connectivity index (χ2n) is 3.72. The molecule has 2 aromatic rings. The van der Waals surface area contributed by atoms with Crippen molar-refractivity contribution >= 4 is 5.97 Å². The number of carboxylic acid groups (broad SMARTS) is 1. The second kappa shape index (κ2) is 4.82. The topological polar surface area (TPSA) is 63.3 Å². The van der Waals surface area contributed by atoms with E-state index in [1.165, 1.54) is 0 Å². The van der Waals surface area contributed by atoms with Crippen molar-refractivity contribution in [1.82, 2.24) is 5.16 Å². The first-order valence-corrected chi connectivity index (χ1v) is 5.47. The van der Waals surface area contributed by atoms with Gasteiger partial charge in [0, 0.05) is 17.5 Å². The number of carbonyl (C=O) groups is 1. The lowest BCUT2D eigenvalue weighted by molar-refractivity contribution is -0.136. The molecule has 0 fully saturated rings. The van der Waals surface area contributed by atoms with E-state index in [-0.39, 0.29) is 6.42 Å². The number of nitrogens with zero attached hydrogens (tertiary/aromatic N) is 1. The van der Waals surface area contributed by atoms with Gasteiger partial charge >= 0.3 is 5.97 Å². The summed E-state index contributed by atoms with van der Waals surface area (Å²) < 4.78 is 5.19. The summed E-state index contributed by atoms with van der Waals surface area (Å²) in [6, 6.07) is 9.47. The predicted molar refractivity (Wildman–Crippen MR) is 62.7 cm³/mol. The van der Waals surface area contributed by atoms with E-state index in [1.54, 1.807) is 0 Å². The highest BCUT2D eigenvalue weighted by atomic mass is 16.5. The van der Waals surface area contributed by atoms with Gasteiger partial charge in [0.25, 0.3) is 0 Å². The maximum atomic E-state index is 10.8. The maximum absolute atomic E-state index is 10.8. The number of aliphatic carboxylic acids is 1. The molecule has 0 atom stereocenters. The summed E-state index contributed by atoms with van der Waals surface area (Å²) in [5.41, 5.74) is 2.18. The van der Waals surface area contributed by atoms with Gasteiger partial charge in [0.2, 0.25) is 0 Å². The molecule has 0 amide bonds. The van der Waals surface area contributed by atoms with Gasteiger partial charge in [0.05, 0.1) is 6.42 Å². The third kappa shape index (κ3) is 2.36. The predicted octanol–water partition coefficient (Wildman–Crippen LogP) is 2.53. The molecule has 17 heavy (non-hydrogen) atoms. The van der Waals surface area contributed by atoms with Gasteiger partial charge < -0.3 is 9.63 Å². The van der Waals surface area contributed by atoms with Crippen molar-refractivity contribution in [1.29, 1.82) is 0 Å². The summed E-state index contributed by atoms with van der Waals surface area (Å²) in [6.07, 6.45) is 0.583. The van der Waals surface area contributed by atoms with Crippen LogP contribution in [0, 0.1) is 0 Å². The molecule has 1 aromatic heterocycles. The molecule has 1 N–H and O–H groups in total. The van der Waals surface area contributed by atoms with Crippen molar-refractivity contribution in [2.75, 3.05) is 0 Å². The standard InChI is InChI=1S/C13H13NO3/c1-2-11-10(8-12(15)16)13(14-17-11)9-6-4-3-5-7-9/h3-7H,2,8H2,1H3,(H,15,16). The highest BCUT2D eigenvalue weighted by molar-refractivity contribution is 5.75. The van der Waals surface area contributed by atoms with Crippen LogP contribution in [0.5, 0.6) is 0 Å². The van der Waals surface area contributed by atoms with Gasteiger partial charge in [-0.2, -0.15) is 0 Å². The molecular weight excluding hydrogens is 218 g/mol. The first-order valence-electron chi connectivity index (χ1n) is 5.47. The van der Waals surface area contributed by atoms with Crippen LogP contribution in [-0.4, -0.2) is 16.2 Å². The Labute approximate surface area is 98.9 Å². The van der Waals surface area contributed by atoms with Crippen LogP contribution in [0.1, 0.15) is 18.2 Å². The van der Waals surface area contributed by atoms with Crippen molar-refractivity contribution in [2.45, 2.75) is 19.8 Å². The van der Waals surface area contributed by atoms with Crippen LogP contribution in [-0.2, 0) is 17.6 Å². The van der Waals surface area contributed by atoms with Gasteiger partial charge in [-0.15, -0.1) is 0 Å². The fraction of sp³-hybridized carbons (Fsp3) is 0.231. The van der Waals surface area contributed by atoms with Crippen molar-refractivity contribution in [3.8, 4) is 11.3 Å². The first-order chi connectivity index (χ1) is 8.22. The number of rotatable bonds is 4. The zero-order valence-electron chi connectivity index (χ0n) is 9.51. The van der Waals surface area contributed by atoms with E-state index in [1.807, 2.05) is 37.3 Å². The molecule has 4 heteroatoms. The van der Waals surface area contributed by atoms with E-state index < -0.39 is 5.97 Å². The summed E-state index contributed by atoms with van der Waals surface area (Å²) in [6.45, 7) is 1.92. The van der Waals surface area contributed by atoms with Crippen molar-refractivity contribution in [3.63, 3.8) is 0 Å². The van der Waals surface area contributed by atoms with Crippen molar-refractivity contribution in [2.24, 2.45) is 0 Å². The lowest BCUT2D eigenvalue weighted by atomic mass is 10.0. The lowest BCUT2D eigenvalue weighted by Crippen LogP contribution is -2.02. The van der Waals surface area contributed by atoms with Gasteiger partial charge in [-0.25, -0.2) is 0 Å². The Bertz CT molecular complexity index is 517. The molecule has 2 rings (SSSR count). The minimum Gasteiger partial charge on any atom is -0.481 e. The lowest BCUT2D eigenvalue weighted by Gasteiger charge is -2.00. The van der Waals surface area contributed by atoms with Gasteiger partial charge in [0.1, 0.15) is 11.5 Å². The van der Waals surface area contributed by atoms with Gasteiger partial charge in [0.15, 0.2) is 0 Å². The Kier molecular flexibility index (Phi) is 3.23. The molecule has 1 aromatic carbocycles. The zero-order chi connectivity index (χ0) is 12.3. The Hall–Kier alpha value is -2.10. The van der Waals surface area contributed by atoms with E-state index in [0.29, 0.717) is 23.4 Å². The molecule has 88 valence electrons. The van der Waals surface area contributed by atoms with Gasteiger partial charge in [-0.3, -0.25) is 4.79 Å². The van der Waals surface area contributed by atoms with Gasteiger partial charge in [-0.05, 0) is 0 Å². The van der Waals surface area contributed by atoms with Crippen LogP contribution in [0.15, 0.2) is 34.9 Å². The highest BCUT2D eigenvalue weighted by Crippen LogP contribution is 2.26. The Morgan fingerprint density at radius 1 is 1.35 bits per heavy atom. The van der Waals surface area contributed by atoms with Crippen LogP contribution < -0.4 is 0 Å². The number of benzene rings is 1. The molecule has 0 unspecified atom stereocenters. The third-order valence-electron chi connectivity index (χ3n) is 2.57. The second-order valence-corrected chi connectivity index (χ2v) is 3.72.